The van der Waals surface area contributed by atoms with E-state index in [1.54, 1.807) is 18.9 Å². The molecule has 21 heavy (non-hydrogen) atoms. The third kappa shape index (κ3) is 3.01. The van der Waals surface area contributed by atoms with Crippen molar-refractivity contribution in [2.45, 2.75) is 10.9 Å². The van der Waals surface area contributed by atoms with Crippen molar-refractivity contribution in [2.24, 2.45) is 0 Å². The van der Waals surface area contributed by atoms with Gasteiger partial charge in [0.1, 0.15) is 5.75 Å². The molecular weight excluding hydrogens is 350 g/mol. The van der Waals surface area contributed by atoms with Gasteiger partial charge in [0.2, 0.25) is 0 Å². The molecule has 1 aromatic heterocycles. The molecule has 6 heteroatoms. The Morgan fingerprint density at radius 3 is 3.00 bits per heavy atom. The normalized spacial score (nSPS) is 11.0. The highest BCUT2D eigenvalue weighted by Gasteiger charge is 2.07. The fourth-order valence-electron chi connectivity index (χ4n) is 2.02. The van der Waals surface area contributed by atoms with Gasteiger partial charge in [0, 0.05) is 22.0 Å². The number of thioether (sulfide) groups is 1. The molecule has 0 aliphatic carbocycles. The highest BCUT2D eigenvalue weighted by atomic mass is 79.9. The number of H-pyrrole nitrogens is 1. The molecule has 0 radical (unpaired) electrons. The number of nitrogens with zero attached hydrogens (tertiary/aromatic N) is 1. The second-order valence-corrected chi connectivity index (χ2v) is 6.29. The number of aromatic amines is 1. The van der Waals surface area contributed by atoms with E-state index in [9.17, 15) is 0 Å². The van der Waals surface area contributed by atoms with Crippen LogP contribution < -0.4 is 10.5 Å². The number of nitrogens with two attached hydrogens (primary N) is 1. The van der Waals surface area contributed by atoms with Crippen LogP contribution in [-0.2, 0) is 5.75 Å². The SMILES string of the molecule is COc1ccc2nc(SCc3cccc(N)c3Br)[nH]c2c1. The van der Waals surface area contributed by atoms with Crippen molar-refractivity contribution >= 4 is 44.4 Å². The molecular formula is C15H14BrN3OS. The lowest BCUT2D eigenvalue weighted by atomic mass is 10.2. The first-order chi connectivity index (χ1) is 10.2. The number of imidazole rings is 1. The molecule has 1 heterocycles. The van der Waals surface area contributed by atoms with Gasteiger partial charge in [0.05, 0.1) is 18.1 Å². The molecule has 0 amide bonds. The second kappa shape index (κ2) is 5.99. The monoisotopic (exact) mass is 363 g/mol. The molecule has 0 fully saturated rings. The van der Waals surface area contributed by atoms with Crippen LogP contribution in [0.3, 0.4) is 0 Å². The number of aromatic nitrogens is 2. The van der Waals surface area contributed by atoms with Crippen molar-refractivity contribution in [3.8, 4) is 5.75 Å². The third-order valence-corrected chi connectivity index (χ3v) is 5.03. The average Bonchev–Trinajstić information content (AvgIpc) is 2.90. The zero-order chi connectivity index (χ0) is 14.8. The minimum atomic E-state index is 0.752. The van der Waals surface area contributed by atoms with Gasteiger partial charge in [0.25, 0.3) is 0 Å². The average molecular weight is 364 g/mol. The molecule has 0 aliphatic heterocycles. The molecule has 108 valence electrons. The Balaban J connectivity index is 1.80. The maximum Gasteiger partial charge on any atom is 0.166 e. The van der Waals surface area contributed by atoms with E-state index in [0.717, 1.165) is 43.4 Å². The van der Waals surface area contributed by atoms with Crippen LogP contribution in [0.15, 0.2) is 46.0 Å². The second-order valence-electron chi connectivity index (χ2n) is 4.53. The number of nitrogen functional groups attached to an aromatic ring is 1. The molecule has 3 N–H and O–H groups in total. The smallest absolute Gasteiger partial charge is 0.166 e. The van der Waals surface area contributed by atoms with E-state index in [-0.39, 0.29) is 0 Å². The van der Waals surface area contributed by atoms with Gasteiger partial charge >= 0.3 is 0 Å². The van der Waals surface area contributed by atoms with Crippen molar-refractivity contribution < 1.29 is 4.74 Å². The zero-order valence-electron chi connectivity index (χ0n) is 11.4. The van der Waals surface area contributed by atoms with Gasteiger partial charge in [-0.2, -0.15) is 0 Å². The van der Waals surface area contributed by atoms with Gasteiger partial charge in [-0.15, -0.1) is 0 Å². The summed E-state index contributed by atoms with van der Waals surface area (Å²) in [7, 11) is 1.66. The summed E-state index contributed by atoms with van der Waals surface area (Å²) in [6, 6.07) is 11.7. The third-order valence-electron chi connectivity index (χ3n) is 3.14. The lowest BCUT2D eigenvalue weighted by molar-refractivity contribution is 0.415. The minimum Gasteiger partial charge on any atom is -0.497 e. The van der Waals surface area contributed by atoms with Gasteiger partial charge in [0.15, 0.2) is 5.16 Å². The first-order valence-electron chi connectivity index (χ1n) is 6.37. The van der Waals surface area contributed by atoms with Gasteiger partial charge in [-0.1, -0.05) is 23.9 Å². The molecule has 0 saturated carbocycles. The van der Waals surface area contributed by atoms with Crippen LogP contribution in [0.2, 0.25) is 0 Å². The number of anilines is 1. The summed E-state index contributed by atoms with van der Waals surface area (Å²) in [5.74, 6) is 1.61. The maximum atomic E-state index is 5.89. The van der Waals surface area contributed by atoms with Gasteiger partial charge in [-0.3, -0.25) is 0 Å². The summed E-state index contributed by atoms with van der Waals surface area (Å²) < 4.78 is 6.17. The van der Waals surface area contributed by atoms with Crippen molar-refractivity contribution in [3.63, 3.8) is 0 Å². The Morgan fingerprint density at radius 2 is 2.19 bits per heavy atom. The lowest BCUT2D eigenvalue weighted by Crippen LogP contribution is -1.91. The Hall–Kier alpha value is -1.66. The molecule has 2 aromatic carbocycles. The lowest BCUT2D eigenvalue weighted by Gasteiger charge is -2.05. The van der Waals surface area contributed by atoms with Crippen LogP contribution in [0.1, 0.15) is 5.56 Å². The predicted molar refractivity (Wildman–Crippen MR) is 90.8 cm³/mol. The van der Waals surface area contributed by atoms with E-state index < -0.39 is 0 Å². The summed E-state index contributed by atoms with van der Waals surface area (Å²) in [5, 5.41) is 0.882. The summed E-state index contributed by atoms with van der Waals surface area (Å²) in [6.07, 6.45) is 0. The molecule has 3 aromatic rings. The number of rotatable bonds is 4. The summed E-state index contributed by atoms with van der Waals surface area (Å²) in [6.45, 7) is 0. The molecule has 0 bridgehead atoms. The number of hydrogen-bond donors (Lipinski definition) is 2. The molecule has 4 nitrogen and oxygen atoms in total. The van der Waals surface area contributed by atoms with Crippen LogP contribution in [-0.4, -0.2) is 17.1 Å². The molecule has 0 atom stereocenters. The van der Waals surface area contributed by atoms with Gasteiger partial charge in [-0.25, -0.2) is 4.98 Å². The van der Waals surface area contributed by atoms with Crippen LogP contribution in [0.4, 0.5) is 5.69 Å². The number of hydrogen-bond acceptors (Lipinski definition) is 4. The largest absolute Gasteiger partial charge is 0.497 e. The molecule has 3 rings (SSSR count). The van der Waals surface area contributed by atoms with Crippen molar-refractivity contribution in [1.82, 2.24) is 9.97 Å². The number of fused-ring (bicyclic) bond motifs is 1. The standard InChI is InChI=1S/C15H14BrN3OS/c1-20-10-5-6-12-13(7-10)19-15(18-12)21-8-9-3-2-4-11(17)14(9)16/h2-7H,8,17H2,1H3,(H,18,19). The van der Waals surface area contributed by atoms with E-state index in [4.69, 9.17) is 10.5 Å². The van der Waals surface area contributed by atoms with Crippen molar-refractivity contribution in [1.29, 1.82) is 0 Å². The molecule has 0 aliphatic rings. The van der Waals surface area contributed by atoms with Crippen molar-refractivity contribution in [3.05, 3.63) is 46.4 Å². The quantitative estimate of drug-likeness (QED) is 0.538. The zero-order valence-corrected chi connectivity index (χ0v) is 13.8. The summed E-state index contributed by atoms with van der Waals surface area (Å²) in [5.41, 5.74) is 9.70. The maximum absolute atomic E-state index is 5.89. The van der Waals surface area contributed by atoms with Crippen LogP contribution in [0, 0.1) is 0 Å². The van der Waals surface area contributed by atoms with E-state index in [0.29, 0.717) is 0 Å². The van der Waals surface area contributed by atoms with E-state index in [1.165, 1.54) is 0 Å². The number of ether oxygens (including phenoxy) is 1. The Kier molecular flexibility index (Phi) is 4.07. The highest BCUT2D eigenvalue weighted by molar-refractivity contribution is 9.10. The first-order valence-corrected chi connectivity index (χ1v) is 8.14. The topological polar surface area (TPSA) is 63.9 Å². The number of methoxy groups -OCH3 is 1. The predicted octanol–water partition coefficient (Wildman–Crippen LogP) is 4.21. The van der Waals surface area contributed by atoms with Crippen LogP contribution in [0.25, 0.3) is 11.0 Å². The number of halogens is 1. The number of nitrogens with one attached hydrogen (secondary N) is 1. The molecule has 0 spiro atoms. The summed E-state index contributed by atoms with van der Waals surface area (Å²) in [4.78, 5) is 7.86. The number of benzene rings is 2. The Morgan fingerprint density at radius 1 is 1.33 bits per heavy atom. The van der Waals surface area contributed by atoms with E-state index in [1.807, 2.05) is 30.3 Å². The van der Waals surface area contributed by atoms with Crippen molar-refractivity contribution in [2.75, 3.05) is 12.8 Å². The first kappa shape index (κ1) is 14.3. The Labute approximate surface area is 135 Å². The van der Waals surface area contributed by atoms with E-state index >= 15 is 0 Å². The Bertz CT molecular complexity index is 788. The fourth-order valence-corrected chi connectivity index (χ4v) is 3.49. The van der Waals surface area contributed by atoms with Gasteiger partial charge < -0.3 is 15.5 Å². The molecule has 0 unspecified atom stereocenters. The van der Waals surface area contributed by atoms with Crippen LogP contribution >= 0.6 is 27.7 Å². The summed E-state index contributed by atoms with van der Waals surface area (Å²) >= 11 is 5.16. The molecule has 0 saturated heterocycles. The van der Waals surface area contributed by atoms with E-state index in [2.05, 4.69) is 32.0 Å². The fraction of sp³-hybridized carbons (Fsp3) is 0.133. The van der Waals surface area contributed by atoms with Gasteiger partial charge in [-0.05, 0) is 39.7 Å². The minimum absolute atomic E-state index is 0.752. The van der Waals surface area contributed by atoms with Crippen LogP contribution in [0.5, 0.6) is 5.75 Å². The highest BCUT2D eigenvalue weighted by Crippen LogP contribution is 2.30.